The van der Waals surface area contributed by atoms with Crippen LogP contribution >= 0.6 is 0 Å². The monoisotopic (exact) mass is 227 g/mol. The van der Waals surface area contributed by atoms with E-state index in [0.29, 0.717) is 0 Å². The average Bonchev–Trinajstić information content (AvgIpc) is 2.06. The number of hydrogen-bond acceptors (Lipinski definition) is 1. The van der Waals surface area contributed by atoms with Crippen LogP contribution in [0.4, 0.5) is 0 Å². The molecule has 0 amide bonds. The Morgan fingerprint density at radius 3 is 1.00 bits per heavy atom. The molecule has 3 heteroatoms. The van der Waals surface area contributed by atoms with Gasteiger partial charge in [-0.2, -0.15) is 0 Å². The zero-order valence-electron chi connectivity index (χ0n) is 12.6. The first-order valence-electron chi connectivity index (χ1n) is 6.09. The van der Waals surface area contributed by atoms with Gasteiger partial charge >= 0.3 is 29.6 Å². The van der Waals surface area contributed by atoms with Gasteiger partial charge in [0.05, 0.1) is 26.2 Å². The summed E-state index contributed by atoms with van der Waals surface area (Å²) < 4.78 is 1.38. The van der Waals surface area contributed by atoms with Crippen molar-refractivity contribution in [2.24, 2.45) is 0 Å². The van der Waals surface area contributed by atoms with Crippen molar-refractivity contribution in [1.29, 1.82) is 0 Å². The zero-order valence-corrected chi connectivity index (χ0v) is 13.6. The fourth-order valence-corrected chi connectivity index (χ4v) is 2.57. The van der Waals surface area contributed by atoms with E-state index in [4.69, 9.17) is 0 Å². The van der Waals surface area contributed by atoms with Gasteiger partial charge in [-0.3, -0.25) is 0 Å². The van der Waals surface area contributed by atoms with Crippen LogP contribution in [0.3, 0.4) is 0 Å². The van der Waals surface area contributed by atoms with Crippen molar-refractivity contribution in [3.8, 4) is 0 Å². The molecule has 0 heterocycles. The Morgan fingerprint density at radius 2 is 0.867 bits per heavy atom. The topological polar surface area (TPSA) is 30.0 Å². The quantitative estimate of drug-likeness (QED) is 0.435. The fourth-order valence-electron chi connectivity index (χ4n) is 2.57. The Hall–Kier alpha value is 0.920. The third-order valence-electron chi connectivity index (χ3n) is 2.79. The molecule has 0 aromatic carbocycles. The van der Waals surface area contributed by atoms with Crippen LogP contribution in [0.1, 0.15) is 54.8 Å². The normalized spacial score (nSPS) is 10.4. The van der Waals surface area contributed by atoms with Crippen molar-refractivity contribution in [2.75, 3.05) is 26.2 Å². The molecule has 1 N–H and O–H groups in total. The first-order chi connectivity index (χ1) is 6.24. The summed E-state index contributed by atoms with van der Waals surface area (Å²) in [5.74, 6) is 0. The summed E-state index contributed by atoms with van der Waals surface area (Å²) in [5.41, 5.74) is 0. The molecule has 0 spiro atoms. The van der Waals surface area contributed by atoms with Crippen molar-refractivity contribution in [3.63, 3.8) is 0 Å². The second kappa shape index (κ2) is 13.0. The molecule has 0 aliphatic heterocycles. The minimum absolute atomic E-state index is 0. The molecule has 0 rings (SSSR count). The van der Waals surface area contributed by atoms with Gasteiger partial charge in [0.15, 0.2) is 0 Å². The average molecular weight is 227 g/mol. The number of hydrogen-bond donors (Lipinski definition) is 0. The smallest absolute Gasteiger partial charge is 1.00 e. The summed E-state index contributed by atoms with van der Waals surface area (Å²) in [6.45, 7) is 14.8. The molecule has 0 unspecified atom stereocenters. The van der Waals surface area contributed by atoms with Gasteiger partial charge in [0.1, 0.15) is 0 Å². The predicted molar refractivity (Wildman–Crippen MR) is 63.9 cm³/mol. The molecule has 0 radical (unpaired) electrons. The van der Waals surface area contributed by atoms with Gasteiger partial charge in [0.25, 0.3) is 0 Å². The van der Waals surface area contributed by atoms with E-state index < -0.39 is 0 Å². The zero-order chi connectivity index (χ0) is 10.2. The van der Waals surface area contributed by atoms with E-state index in [1.165, 1.54) is 56.3 Å². The number of nitrogens with zero attached hydrogens (tertiary/aromatic N) is 1. The van der Waals surface area contributed by atoms with Gasteiger partial charge in [-0.15, -0.1) is 0 Å². The standard InChI is InChI=1S/C12H28N.Na.H2O.H/c1-5-9-13(10-6-2,11-7-3)12-8-4;;;/h5-12H2,1-4H3;;1H2;/q2*+1;;-1/p-1. The van der Waals surface area contributed by atoms with E-state index in [1.807, 2.05) is 0 Å². The van der Waals surface area contributed by atoms with E-state index in [-0.39, 0.29) is 36.5 Å². The molecule has 0 atom stereocenters. The molecule has 0 aromatic rings. The summed E-state index contributed by atoms with van der Waals surface area (Å²) in [7, 11) is 0. The Labute approximate surface area is 120 Å². The van der Waals surface area contributed by atoms with Crippen LogP contribution in [-0.2, 0) is 0 Å². The van der Waals surface area contributed by atoms with Gasteiger partial charge in [0, 0.05) is 0 Å². The molecular formula is C12H30NNaO. The molecule has 15 heavy (non-hydrogen) atoms. The van der Waals surface area contributed by atoms with Gasteiger partial charge < -0.3 is 11.4 Å². The maximum absolute atomic E-state index is 2.31. The minimum Gasteiger partial charge on any atom is -1.00 e. The SMILES string of the molecule is CCC[N+](CCC)(CCC)CCC.[H-].[Na+].[OH-]. The Balaban J connectivity index is -0.000000240. The van der Waals surface area contributed by atoms with E-state index in [2.05, 4.69) is 27.7 Å². The summed E-state index contributed by atoms with van der Waals surface area (Å²) in [6.07, 6.45) is 5.33. The van der Waals surface area contributed by atoms with E-state index >= 15 is 0 Å². The first kappa shape index (κ1) is 21.2. The predicted octanol–water partition coefficient (Wildman–Crippen LogP) is 0.383. The van der Waals surface area contributed by atoms with Crippen LogP contribution in [0.2, 0.25) is 0 Å². The maximum Gasteiger partial charge on any atom is 1.00 e. The molecule has 90 valence electrons. The Kier molecular flexibility index (Phi) is 18.4. The molecule has 0 saturated carbocycles. The Bertz CT molecular complexity index is 96.1. The molecule has 0 aliphatic rings. The second-order valence-corrected chi connectivity index (χ2v) is 4.24. The van der Waals surface area contributed by atoms with Crippen molar-refractivity contribution in [3.05, 3.63) is 0 Å². The molecule has 0 fully saturated rings. The van der Waals surface area contributed by atoms with Crippen molar-refractivity contribution < 1.29 is 40.9 Å². The second-order valence-electron chi connectivity index (χ2n) is 4.24. The third-order valence-corrected chi connectivity index (χ3v) is 2.79. The largest absolute Gasteiger partial charge is 1.00 e. The van der Waals surface area contributed by atoms with Crippen LogP contribution in [0.25, 0.3) is 0 Å². The van der Waals surface area contributed by atoms with E-state index in [1.54, 1.807) is 0 Å². The van der Waals surface area contributed by atoms with Crippen LogP contribution in [-0.4, -0.2) is 36.1 Å². The Morgan fingerprint density at radius 1 is 0.667 bits per heavy atom. The third kappa shape index (κ3) is 8.70. The number of rotatable bonds is 8. The first-order valence-corrected chi connectivity index (χ1v) is 6.09. The van der Waals surface area contributed by atoms with Crippen molar-refractivity contribution in [2.45, 2.75) is 53.4 Å². The molecular weight excluding hydrogens is 197 g/mol. The minimum atomic E-state index is 0. The molecule has 0 aliphatic carbocycles. The van der Waals surface area contributed by atoms with Crippen molar-refractivity contribution >= 4 is 0 Å². The summed E-state index contributed by atoms with van der Waals surface area (Å²) in [5, 5.41) is 0. The van der Waals surface area contributed by atoms with Gasteiger partial charge in [-0.1, -0.05) is 27.7 Å². The summed E-state index contributed by atoms with van der Waals surface area (Å²) in [6, 6.07) is 0. The summed E-state index contributed by atoms with van der Waals surface area (Å²) in [4.78, 5) is 0. The van der Waals surface area contributed by atoms with Crippen LogP contribution < -0.4 is 29.6 Å². The van der Waals surface area contributed by atoms with Gasteiger partial charge in [-0.25, -0.2) is 0 Å². The van der Waals surface area contributed by atoms with Gasteiger partial charge in [-0.05, 0) is 25.7 Å². The van der Waals surface area contributed by atoms with Crippen molar-refractivity contribution in [1.82, 2.24) is 0 Å². The molecule has 0 aromatic heterocycles. The summed E-state index contributed by atoms with van der Waals surface area (Å²) >= 11 is 0. The molecule has 0 bridgehead atoms. The van der Waals surface area contributed by atoms with E-state index in [0.717, 1.165) is 0 Å². The fraction of sp³-hybridized carbons (Fsp3) is 1.00. The van der Waals surface area contributed by atoms with Crippen LogP contribution in [0, 0.1) is 0 Å². The molecule has 0 saturated heterocycles. The molecule has 2 nitrogen and oxygen atoms in total. The van der Waals surface area contributed by atoms with Crippen LogP contribution in [0.15, 0.2) is 0 Å². The van der Waals surface area contributed by atoms with Gasteiger partial charge in [0.2, 0.25) is 0 Å². The van der Waals surface area contributed by atoms with Crippen LogP contribution in [0.5, 0.6) is 0 Å². The van der Waals surface area contributed by atoms with E-state index in [9.17, 15) is 0 Å². The number of quaternary nitrogens is 1. The maximum atomic E-state index is 2.31.